The lowest BCUT2D eigenvalue weighted by atomic mass is 9.98. The van der Waals surface area contributed by atoms with E-state index in [-0.39, 0.29) is 18.5 Å². The Labute approximate surface area is 233 Å². The van der Waals surface area contributed by atoms with Crippen LogP contribution in [0, 0.1) is 0 Å². The second-order valence-corrected chi connectivity index (χ2v) is 10.5. The van der Waals surface area contributed by atoms with Crippen LogP contribution in [0.3, 0.4) is 0 Å². The summed E-state index contributed by atoms with van der Waals surface area (Å²) >= 11 is 3.45. The first kappa shape index (κ1) is 25.1. The number of amides is 3. The van der Waals surface area contributed by atoms with E-state index in [0.717, 1.165) is 26.9 Å². The average molecular weight is 585 g/mol. The second-order valence-electron chi connectivity index (χ2n) is 9.61. The molecule has 3 aromatic carbocycles. The highest BCUT2D eigenvalue weighted by Gasteiger charge is 2.55. The lowest BCUT2D eigenvalue weighted by Gasteiger charge is -2.25. The van der Waals surface area contributed by atoms with Gasteiger partial charge in [0.2, 0.25) is 0 Å². The minimum Gasteiger partial charge on any atom is -0.271 e. The van der Waals surface area contributed by atoms with E-state index in [2.05, 4.69) is 26.3 Å². The van der Waals surface area contributed by atoms with E-state index in [9.17, 15) is 14.4 Å². The zero-order chi connectivity index (χ0) is 27.1. The first-order chi connectivity index (χ1) is 19.0. The Balaban J connectivity index is 1.26. The molecule has 9 nitrogen and oxygen atoms in total. The van der Waals surface area contributed by atoms with Gasteiger partial charge in [0.05, 0.1) is 17.4 Å². The number of hydrogen-bond acceptors (Lipinski definition) is 7. The van der Waals surface area contributed by atoms with Gasteiger partial charge >= 0.3 is 0 Å². The van der Waals surface area contributed by atoms with Gasteiger partial charge in [-0.05, 0) is 41.3 Å². The van der Waals surface area contributed by atoms with E-state index in [4.69, 9.17) is 5.10 Å². The molecule has 3 heterocycles. The maximum absolute atomic E-state index is 13.7. The van der Waals surface area contributed by atoms with Gasteiger partial charge < -0.3 is 0 Å². The standard InChI is InChI=1S/C29H25BrN6O3/c1-2-18-15-21(30)13-14-23(18)35-28(38)26-27(29(35)39)34(33-31-26)17-25(37)36-24(20-11-7-4-8-12-20)16-22(32-36)19-9-5-3-6-10-19/h3-15,24,26-27H,2,16-17H2,1H3/t24-,26+,27-/m0/s1. The first-order valence-corrected chi connectivity index (χ1v) is 13.6. The van der Waals surface area contributed by atoms with Crippen LogP contribution in [-0.2, 0) is 20.8 Å². The Morgan fingerprint density at radius 3 is 2.41 bits per heavy atom. The normalized spacial score (nSPS) is 22.1. The molecule has 0 saturated carbocycles. The zero-order valence-electron chi connectivity index (χ0n) is 21.1. The number of hydrogen-bond donors (Lipinski definition) is 0. The third-order valence-electron chi connectivity index (χ3n) is 7.28. The van der Waals surface area contributed by atoms with E-state index in [1.54, 1.807) is 12.1 Å². The fraction of sp³-hybridized carbons (Fsp3) is 0.241. The fourth-order valence-corrected chi connectivity index (χ4v) is 5.75. The summed E-state index contributed by atoms with van der Waals surface area (Å²) in [6, 6.07) is 22.7. The van der Waals surface area contributed by atoms with Gasteiger partial charge in [0.25, 0.3) is 17.7 Å². The molecular weight excluding hydrogens is 560 g/mol. The second kappa shape index (κ2) is 10.2. The maximum atomic E-state index is 13.7. The molecule has 1 fully saturated rings. The van der Waals surface area contributed by atoms with Crippen molar-refractivity contribution < 1.29 is 14.4 Å². The molecule has 0 radical (unpaired) electrons. The van der Waals surface area contributed by atoms with E-state index in [0.29, 0.717) is 18.5 Å². The number of hydrazone groups is 1. The Hall–Kier alpha value is -4.18. The summed E-state index contributed by atoms with van der Waals surface area (Å²) in [4.78, 5) is 41.7. The van der Waals surface area contributed by atoms with E-state index < -0.39 is 23.9 Å². The van der Waals surface area contributed by atoms with E-state index in [1.807, 2.05) is 73.7 Å². The highest BCUT2D eigenvalue weighted by Crippen LogP contribution is 2.36. The summed E-state index contributed by atoms with van der Waals surface area (Å²) < 4.78 is 0.864. The number of anilines is 1. The van der Waals surface area contributed by atoms with Crippen LogP contribution in [-0.4, -0.2) is 52.1 Å². The predicted octanol–water partition coefficient (Wildman–Crippen LogP) is 4.68. The summed E-state index contributed by atoms with van der Waals surface area (Å²) in [6.45, 7) is 1.73. The van der Waals surface area contributed by atoms with Crippen molar-refractivity contribution in [3.8, 4) is 0 Å². The number of carbonyl (C=O) groups excluding carboxylic acids is 3. The average Bonchev–Trinajstić information content (AvgIpc) is 3.65. The Bertz CT molecular complexity index is 1510. The van der Waals surface area contributed by atoms with Crippen molar-refractivity contribution in [1.82, 2.24) is 10.0 Å². The third-order valence-corrected chi connectivity index (χ3v) is 7.77. The Kier molecular flexibility index (Phi) is 6.56. The first-order valence-electron chi connectivity index (χ1n) is 12.8. The molecule has 0 bridgehead atoms. The SMILES string of the molecule is CCc1cc(Br)ccc1N1C(=O)[C@@H]2[C@@H](N=NN2CC(=O)N2N=C(c3ccccc3)C[C@H]2c2ccccc2)C1=O. The molecule has 196 valence electrons. The Morgan fingerprint density at radius 2 is 1.69 bits per heavy atom. The van der Waals surface area contributed by atoms with Crippen LogP contribution < -0.4 is 4.90 Å². The summed E-state index contributed by atoms with van der Waals surface area (Å²) in [6.07, 6.45) is 1.20. The molecular formula is C29H25BrN6O3. The van der Waals surface area contributed by atoms with Gasteiger partial charge in [-0.15, -0.1) is 0 Å². The number of carbonyl (C=O) groups is 3. The van der Waals surface area contributed by atoms with Crippen LogP contribution in [0.5, 0.6) is 0 Å². The topological polar surface area (TPSA) is 98.0 Å². The van der Waals surface area contributed by atoms with Crippen molar-refractivity contribution >= 4 is 45.1 Å². The molecule has 3 amide bonds. The summed E-state index contributed by atoms with van der Waals surface area (Å²) in [5, 5.41) is 15.7. The molecule has 0 spiro atoms. The number of imide groups is 1. The van der Waals surface area contributed by atoms with Crippen LogP contribution >= 0.6 is 15.9 Å². The van der Waals surface area contributed by atoms with Crippen LogP contribution in [0.4, 0.5) is 5.69 Å². The van der Waals surface area contributed by atoms with Gasteiger partial charge in [0.15, 0.2) is 12.1 Å². The van der Waals surface area contributed by atoms with Gasteiger partial charge in [-0.1, -0.05) is 88.7 Å². The van der Waals surface area contributed by atoms with E-state index >= 15 is 0 Å². The van der Waals surface area contributed by atoms with Crippen LogP contribution in [0.2, 0.25) is 0 Å². The third kappa shape index (κ3) is 4.44. The van der Waals surface area contributed by atoms with Gasteiger partial charge in [0.1, 0.15) is 6.54 Å². The molecule has 3 aliphatic rings. The van der Waals surface area contributed by atoms with Crippen LogP contribution in [0.1, 0.15) is 36.1 Å². The number of rotatable bonds is 6. The zero-order valence-corrected chi connectivity index (χ0v) is 22.7. The smallest absolute Gasteiger partial charge is 0.264 e. The molecule has 0 unspecified atom stereocenters. The van der Waals surface area contributed by atoms with Gasteiger partial charge in [-0.3, -0.25) is 19.4 Å². The summed E-state index contributed by atoms with van der Waals surface area (Å²) in [7, 11) is 0. The van der Waals surface area contributed by atoms with Crippen molar-refractivity contribution in [3.63, 3.8) is 0 Å². The van der Waals surface area contributed by atoms with Crippen molar-refractivity contribution in [2.75, 3.05) is 11.4 Å². The van der Waals surface area contributed by atoms with Gasteiger partial charge in [0, 0.05) is 10.9 Å². The quantitative estimate of drug-likeness (QED) is 0.393. The number of halogens is 1. The fourth-order valence-electron chi connectivity index (χ4n) is 5.34. The van der Waals surface area contributed by atoms with Crippen molar-refractivity contribution in [2.45, 2.75) is 37.9 Å². The van der Waals surface area contributed by atoms with Crippen molar-refractivity contribution in [1.29, 1.82) is 0 Å². The lowest BCUT2D eigenvalue weighted by molar-refractivity contribution is -0.135. The summed E-state index contributed by atoms with van der Waals surface area (Å²) in [5.74, 6) is -1.20. The highest BCUT2D eigenvalue weighted by atomic mass is 79.9. The molecule has 3 atom stereocenters. The molecule has 0 N–H and O–H groups in total. The minimum atomic E-state index is -0.981. The van der Waals surface area contributed by atoms with Crippen molar-refractivity contribution in [2.24, 2.45) is 15.4 Å². The van der Waals surface area contributed by atoms with Crippen molar-refractivity contribution in [3.05, 3.63) is 100 Å². The van der Waals surface area contributed by atoms with Crippen LogP contribution in [0.25, 0.3) is 0 Å². The minimum absolute atomic E-state index is 0.229. The molecule has 3 aliphatic heterocycles. The maximum Gasteiger partial charge on any atom is 0.264 e. The predicted molar refractivity (Wildman–Crippen MR) is 149 cm³/mol. The largest absolute Gasteiger partial charge is 0.271 e. The highest BCUT2D eigenvalue weighted by molar-refractivity contribution is 9.10. The number of fused-ring (bicyclic) bond motifs is 1. The van der Waals surface area contributed by atoms with Crippen LogP contribution in [0.15, 0.2) is 98.8 Å². The molecule has 6 rings (SSSR count). The van der Waals surface area contributed by atoms with E-state index in [1.165, 1.54) is 14.9 Å². The van der Waals surface area contributed by atoms with Gasteiger partial charge in [-0.25, -0.2) is 9.91 Å². The molecule has 3 aromatic rings. The Morgan fingerprint density at radius 1 is 0.974 bits per heavy atom. The number of aryl methyl sites for hydroxylation is 1. The van der Waals surface area contributed by atoms with Gasteiger partial charge in [-0.2, -0.15) is 10.2 Å². The molecule has 10 heteroatoms. The number of nitrogens with zero attached hydrogens (tertiary/aromatic N) is 6. The lowest BCUT2D eigenvalue weighted by Crippen LogP contribution is -2.44. The number of benzene rings is 3. The molecule has 1 saturated heterocycles. The molecule has 0 aliphatic carbocycles. The molecule has 0 aromatic heterocycles. The monoisotopic (exact) mass is 584 g/mol. The molecule has 39 heavy (non-hydrogen) atoms. The summed E-state index contributed by atoms with van der Waals surface area (Å²) in [5.41, 5.74) is 4.10.